The first-order valence-electron chi connectivity index (χ1n) is 8.29. The summed E-state index contributed by atoms with van der Waals surface area (Å²) in [5.41, 5.74) is 3.68. The zero-order valence-electron chi connectivity index (χ0n) is 14.1. The van der Waals surface area contributed by atoms with Crippen LogP contribution in [0.1, 0.15) is 28.0 Å². The number of hydrogen-bond donors (Lipinski definition) is 2. The van der Waals surface area contributed by atoms with Crippen molar-refractivity contribution < 1.29 is 14.3 Å². The Kier molecular flexibility index (Phi) is 4.85. The van der Waals surface area contributed by atoms with E-state index in [4.69, 9.17) is 4.74 Å². The Balaban J connectivity index is 1.61. The van der Waals surface area contributed by atoms with Crippen molar-refractivity contribution in [2.75, 3.05) is 32.8 Å². The van der Waals surface area contributed by atoms with E-state index in [0.717, 1.165) is 22.2 Å². The minimum absolute atomic E-state index is 0.0587. The van der Waals surface area contributed by atoms with Crippen LogP contribution in [-0.4, -0.2) is 54.5 Å². The molecule has 0 spiro atoms. The van der Waals surface area contributed by atoms with Crippen LogP contribution in [0.2, 0.25) is 0 Å². The number of para-hydroxylation sites is 1. The van der Waals surface area contributed by atoms with Crippen molar-refractivity contribution in [3.63, 3.8) is 0 Å². The maximum atomic E-state index is 12.5. The number of nitrogens with zero attached hydrogens (tertiary/aromatic N) is 1. The van der Waals surface area contributed by atoms with Crippen molar-refractivity contribution in [3.05, 3.63) is 35.0 Å². The number of aromatic nitrogens is 1. The highest BCUT2D eigenvalue weighted by Crippen LogP contribution is 2.24. The zero-order valence-corrected chi connectivity index (χ0v) is 14.1. The van der Waals surface area contributed by atoms with Crippen molar-refractivity contribution in [1.29, 1.82) is 0 Å². The van der Waals surface area contributed by atoms with Gasteiger partial charge < -0.3 is 19.9 Å². The van der Waals surface area contributed by atoms with E-state index in [2.05, 4.69) is 10.3 Å². The first-order chi connectivity index (χ1) is 11.6. The van der Waals surface area contributed by atoms with Gasteiger partial charge in [-0.2, -0.15) is 0 Å². The normalized spacial score (nSPS) is 14.8. The van der Waals surface area contributed by atoms with E-state index in [1.165, 1.54) is 0 Å². The third kappa shape index (κ3) is 3.28. The Bertz CT molecular complexity index is 760. The molecule has 0 unspecified atom stereocenters. The van der Waals surface area contributed by atoms with Gasteiger partial charge in [-0.1, -0.05) is 12.1 Å². The number of benzene rings is 1. The van der Waals surface area contributed by atoms with Gasteiger partial charge in [-0.15, -0.1) is 0 Å². The predicted octanol–water partition coefficient (Wildman–Crippen LogP) is 1.76. The Morgan fingerprint density at radius 2 is 2.00 bits per heavy atom. The van der Waals surface area contributed by atoms with E-state index in [9.17, 15) is 9.59 Å². The van der Waals surface area contributed by atoms with Gasteiger partial charge in [0.05, 0.1) is 24.3 Å². The summed E-state index contributed by atoms with van der Waals surface area (Å²) in [6, 6.07) is 5.69. The van der Waals surface area contributed by atoms with Crippen LogP contribution in [0.4, 0.5) is 0 Å². The van der Waals surface area contributed by atoms with Gasteiger partial charge in [0.2, 0.25) is 5.91 Å². The molecular weight excluding hydrogens is 306 g/mol. The van der Waals surface area contributed by atoms with Gasteiger partial charge in [-0.05, 0) is 25.5 Å². The van der Waals surface area contributed by atoms with Crippen LogP contribution in [0.5, 0.6) is 0 Å². The van der Waals surface area contributed by atoms with Crippen LogP contribution in [0.25, 0.3) is 10.9 Å². The second kappa shape index (κ2) is 7.05. The summed E-state index contributed by atoms with van der Waals surface area (Å²) < 4.78 is 5.24. The van der Waals surface area contributed by atoms with Crippen LogP contribution in [0, 0.1) is 13.8 Å². The Hall–Kier alpha value is -2.34. The largest absolute Gasteiger partial charge is 0.378 e. The number of fused-ring (bicyclic) bond motifs is 1. The van der Waals surface area contributed by atoms with E-state index in [1.54, 1.807) is 11.0 Å². The maximum absolute atomic E-state index is 12.5. The molecule has 1 aromatic heterocycles. The molecular formula is C18H23N3O3. The fourth-order valence-electron chi connectivity index (χ4n) is 3.02. The molecule has 2 aromatic rings. The van der Waals surface area contributed by atoms with Crippen LogP contribution >= 0.6 is 0 Å². The number of aryl methyl sites for hydroxylation is 2. The van der Waals surface area contributed by atoms with Crippen molar-refractivity contribution in [2.45, 2.75) is 20.3 Å². The third-order valence-corrected chi connectivity index (χ3v) is 4.58. The van der Waals surface area contributed by atoms with Crippen molar-refractivity contribution in [2.24, 2.45) is 0 Å². The van der Waals surface area contributed by atoms with Crippen molar-refractivity contribution >= 4 is 22.7 Å². The molecule has 3 rings (SSSR count). The average Bonchev–Trinajstić information content (AvgIpc) is 2.90. The van der Waals surface area contributed by atoms with Gasteiger partial charge in [0.25, 0.3) is 5.91 Å². The zero-order chi connectivity index (χ0) is 17.1. The lowest BCUT2D eigenvalue weighted by Gasteiger charge is -2.26. The summed E-state index contributed by atoms with van der Waals surface area (Å²) in [5, 5.41) is 3.91. The molecule has 6 nitrogen and oxygen atoms in total. The first kappa shape index (κ1) is 16.5. The van der Waals surface area contributed by atoms with Gasteiger partial charge in [0.15, 0.2) is 0 Å². The number of H-pyrrole nitrogens is 1. The molecule has 0 aliphatic carbocycles. The lowest BCUT2D eigenvalue weighted by Crippen LogP contribution is -2.42. The molecule has 6 heteroatoms. The monoisotopic (exact) mass is 329 g/mol. The predicted molar refractivity (Wildman–Crippen MR) is 92.1 cm³/mol. The maximum Gasteiger partial charge on any atom is 0.253 e. The quantitative estimate of drug-likeness (QED) is 0.898. The summed E-state index contributed by atoms with van der Waals surface area (Å²) in [4.78, 5) is 29.6. The molecule has 24 heavy (non-hydrogen) atoms. The molecule has 0 saturated carbocycles. The number of ether oxygens (including phenoxy) is 1. The van der Waals surface area contributed by atoms with Crippen molar-refractivity contribution in [1.82, 2.24) is 15.2 Å². The highest BCUT2D eigenvalue weighted by Gasteiger charge is 2.17. The Labute approximate surface area is 141 Å². The number of carbonyl (C=O) groups is 2. The molecule has 1 saturated heterocycles. The second-order valence-electron chi connectivity index (χ2n) is 6.10. The lowest BCUT2D eigenvalue weighted by molar-refractivity contribution is -0.135. The number of amides is 2. The molecule has 2 amide bonds. The molecule has 1 aromatic carbocycles. The van der Waals surface area contributed by atoms with Crippen LogP contribution in [-0.2, 0) is 9.53 Å². The number of morpholine rings is 1. The van der Waals surface area contributed by atoms with Gasteiger partial charge in [0, 0.05) is 37.1 Å². The minimum atomic E-state index is -0.156. The molecule has 128 valence electrons. The van der Waals surface area contributed by atoms with Crippen molar-refractivity contribution in [3.8, 4) is 0 Å². The van der Waals surface area contributed by atoms with E-state index in [1.807, 2.05) is 26.0 Å². The van der Waals surface area contributed by atoms with Crippen LogP contribution < -0.4 is 5.32 Å². The average molecular weight is 329 g/mol. The highest BCUT2D eigenvalue weighted by molar-refractivity contribution is 6.06. The third-order valence-electron chi connectivity index (χ3n) is 4.58. The molecule has 2 N–H and O–H groups in total. The minimum Gasteiger partial charge on any atom is -0.378 e. The topological polar surface area (TPSA) is 74.4 Å². The molecule has 1 aliphatic rings. The van der Waals surface area contributed by atoms with E-state index in [0.29, 0.717) is 44.8 Å². The Morgan fingerprint density at radius 1 is 1.25 bits per heavy atom. The standard InChI is InChI=1S/C18H23N3O3/c1-12-13(2)20-17-14(12)4-3-5-15(17)18(23)19-7-6-16(22)21-8-10-24-11-9-21/h3-5,20H,6-11H2,1-2H3,(H,19,23). The fraction of sp³-hybridized carbons (Fsp3) is 0.444. The number of carbonyl (C=O) groups excluding carboxylic acids is 2. The summed E-state index contributed by atoms with van der Waals surface area (Å²) in [7, 11) is 0. The number of aromatic amines is 1. The molecule has 1 aliphatic heterocycles. The van der Waals surface area contributed by atoms with Gasteiger partial charge in [-0.3, -0.25) is 9.59 Å². The summed E-state index contributed by atoms with van der Waals surface area (Å²) in [6.45, 7) is 6.82. The fourth-order valence-corrected chi connectivity index (χ4v) is 3.02. The summed E-state index contributed by atoms with van der Waals surface area (Å²) >= 11 is 0. The number of hydrogen-bond acceptors (Lipinski definition) is 3. The first-order valence-corrected chi connectivity index (χ1v) is 8.29. The molecule has 0 bridgehead atoms. The van der Waals surface area contributed by atoms with Crippen LogP contribution in [0.3, 0.4) is 0 Å². The van der Waals surface area contributed by atoms with E-state index in [-0.39, 0.29) is 11.8 Å². The van der Waals surface area contributed by atoms with Gasteiger partial charge in [-0.25, -0.2) is 0 Å². The molecule has 0 radical (unpaired) electrons. The number of nitrogens with one attached hydrogen (secondary N) is 2. The van der Waals surface area contributed by atoms with Gasteiger partial charge >= 0.3 is 0 Å². The summed E-state index contributed by atoms with van der Waals surface area (Å²) in [5.74, 6) is -0.0972. The summed E-state index contributed by atoms with van der Waals surface area (Å²) in [6.07, 6.45) is 0.310. The second-order valence-corrected chi connectivity index (χ2v) is 6.10. The molecule has 1 fully saturated rings. The lowest BCUT2D eigenvalue weighted by atomic mass is 10.1. The van der Waals surface area contributed by atoms with Crippen LogP contribution in [0.15, 0.2) is 18.2 Å². The van der Waals surface area contributed by atoms with E-state index < -0.39 is 0 Å². The number of rotatable bonds is 4. The Morgan fingerprint density at radius 3 is 2.75 bits per heavy atom. The van der Waals surface area contributed by atoms with E-state index >= 15 is 0 Å². The smallest absolute Gasteiger partial charge is 0.253 e. The van der Waals surface area contributed by atoms with Gasteiger partial charge in [0.1, 0.15) is 0 Å². The SMILES string of the molecule is Cc1[nH]c2c(C(=O)NCCC(=O)N3CCOCC3)cccc2c1C. The molecule has 2 heterocycles. The molecule has 0 atom stereocenters. The highest BCUT2D eigenvalue weighted by atomic mass is 16.5.